The average Bonchev–Trinajstić information content (AvgIpc) is 3.52. The molecular weight excluding hydrogens is 1070 g/mol. The van der Waals surface area contributed by atoms with Crippen molar-refractivity contribution in [3.8, 4) is 0 Å². The van der Waals surface area contributed by atoms with Crippen LogP contribution in [-0.2, 0) is 14.3 Å². The number of esters is 1. The summed E-state index contributed by atoms with van der Waals surface area (Å²) in [5, 5.41) is 23.2. The van der Waals surface area contributed by atoms with E-state index in [1.54, 1.807) is 6.08 Å². The predicted octanol–water partition coefficient (Wildman–Crippen LogP) is 26.4. The molecule has 1 amide bonds. The van der Waals surface area contributed by atoms with Crippen LogP contribution < -0.4 is 5.32 Å². The van der Waals surface area contributed by atoms with Crippen molar-refractivity contribution in [3.05, 3.63) is 24.3 Å². The summed E-state index contributed by atoms with van der Waals surface area (Å²) >= 11 is 0. The molecule has 0 aromatic heterocycles. The number of ether oxygens (including phenoxy) is 1. The van der Waals surface area contributed by atoms with Crippen LogP contribution >= 0.6 is 0 Å². The van der Waals surface area contributed by atoms with E-state index in [-0.39, 0.29) is 18.5 Å². The number of nitrogens with one attached hydrogen (secondary N) is 1. The van der Waals surface area contributed by atoms with Gasteiger partial charge >= 0.3 is 5.97 Å². The smallest absolute Gasteiger partial charge is 0.305 e. The molecule has 0 radical (unpaired) electrons. The molecule has 3 N–H and O–H groups in total. The van der Waals surface area contributed by atoms with Crippen molar-refractivity contribution in [2.75, 3.05) is 13.2 Å². The molecule has 0 rings (SSSR count). The molecule has 0 saturated heterocycles. The fourth-order valence-corrected chi connectivity index (χ4v) is 12.9. The van der Waals surface area contributed by atoms with Crippen LogP contribution in [-0.4, -0.2) is 47.4 Å². The fourth-order valence-electron chi connectivity index (χ4n) is 12.9. The lowest BCUT2D eigenvalue weighted by Gasteiger charge is -2.20. The molecule has 0 saturated carbocycles. The normalized spacial score (nSPS) is 12.6. The van der Waals surface area contributed by atoms with Gasteiger partial charge in [-0.2, -0.15) is 0 Å². The molecule has 0 spiro atoms. The second-order valence-electron chi connectivity index (χ2n) is 27.8. The summed E-state index contributed by atoms with van der Waals surface area (Å²) in [6.45, 7) is 4.95. The minimum atomic E-state index is -0.841. The number of hydrogen-bond donors (Lipinski definition) is 3. The molecule has 87 heavy (non-hydrogen) atoms. The van der Waals surface area contributed by atoms with E-state index in [4.69, 9.17) is 4.74 Å². The van der Waals surface area contributed by atoms with Crippen molar-refractivity contribution in [1.82, 2.24) is 5.32 Å². The number of allylic oxidation sites excluding steroid dienone is 3. The van der Waals surface area contributed by atoms with Crippen molar-refractivity contribution in [1.29, 1.82) is 0 Å². The van der Waals surface area contributed by atoms with Gasteiger partial charge in [0.15, 0.2) is 0 Å². The Labute approximate surface area is 545 Å². The van der Waals surface area contributed by atoms with Gasteiger partial charge in [0, 0.05) is 12.8 Å². The van der Waals surface area contributed by atoms with Gasteiger partial charge in [0.2, 0.25) is 5.91 Å². The van der Waals surface area contributed by atoms with E-state index in [0.29, 0.717) is 19.4 Å². The third-order valence-electron chi connectivity index (χ3n) is 19.0. The summed E-state index contributed by atoms with van der Waals surface area (Å²) in [4.78, 5) is 24.6. The first-order valence-corrected chi connectivity index (χ1v) is 40.1. The highest BCUT2D eigenvalue weighted by Crippen LogP contribution is 2.20. The summed E-state index contributed by atoms with van der Waals surface area (Å²) < 4.78 is 5.52. The van der Waals surface area contributed by atoms with Gasteiger partial charge in [0.25, 0.3) is 0 Å². The predicted molar refractivity (Wildman–Crippen MR) is 384 cm³/mol. The van der Waals surface area contributed by atoms with Gasteiger partial charge < -0.3 is 20.3 Å². The molecule has 0 aliphatic carbocycles. The highest BCUT2D eigenvalue weighted by atomic mass is 16.5. The molecule has 6 nitrogen and oxygen atoms in total. The number of amides is 1. The number of hydrogen-bond acceptors (Lipinski definition) is 5. The Hall–Kier alpha value is -1.66. The highest BCUT2D eigenvalue weighted by molar-refractivity contribution is 5.76. The second kappa shape index (κ2) is 76.8. The van der Waals surface area contributed by atoms with Crippen LogP contribution in [0.15, 0.2) is 24.3 Å². The maximum absolute atomic E-state index is 12.5. The van der Waals surface area contributed by atoms with E-state index in [9.17, 15) is 19.8 Å². The molecule has 0 heterocycles. The lowest BCUT2D eigenvalue weighted by atomic mass is 10.0. The van der Waals surface area contributed by atoms with Crippen LogP contribution in [0.3, 0.4) is 0 Å². The van der Waals surface area contributed by atoms with Crippen LogP contribution in [0.4, 0.5) is 0 Å². The van der Waals surface area contributed by atoms with Crippen molar-refractivity contribution in [3.63, 3.8) is 0 Å². The van der Waals surface area contributed by atoms with Crippen molar-refractivity contribution in [2.45, 2.75) is 469 Å². The molecule has 0 aliphatic rings. The van der Waals surface area contributed by atoms with E-state index in [1.807, 2.05) is 6.08 Å². The Bertz CT molecular complexity index is 1360. The van der Waals surface area contributed by atoms with Gasteiger partial charge in [-0.1, -0.05) is 411 Å². The third-order valence-corrected chi connectivity index (χ3v) is 19.0. The average molecular weight is 1230 g/mol. The summed E-state index contributed by atoms with van der Waals surface area (Å²) in [7, 11) is 0. The molecule has 2 atom stereocenters. The first kappa shape index (κ1) is 85.3. The Balaban J connectivity index is 3.31. The second-order valence-corrected chi connectivity index (χ2v) is 27.8. The number of unbranched alkanes of at least 4 members (excludes halogenated alkanes) is 63. The molecule has 2 unspecified atom stereocenters. The van der Waals surface area contributed by atoms with Crippen LogP contribution in [0.2, 0.25) is 0 Å². The topological polar surface area (TPSA) is 95.9 Å². The third kappa shape index (κ3) is 73.3. The first-order chi connectivity index (χ1) is 43.0. The van der Waals surface area contributed by atoms with Gasteiger partial charge in [-0.25, -0.2) is 0 Å². The van der Waals surface area contributed by atoms with E-state index in [2.05, 4.69) is 31.3 Å². The first-order valence-electron chi connectivity index (χ1n) is 40.1. The largest absolute Gasteiger partial charge is 0.466 e. The van der Waals surface area contributed by atoms with Crippen LogP contribution in [0.1, 0.15) is 457 Å². The SMILES string of the molecule is CCCCCCCCCCCCCC/C=C/C(O)C(CO)NC(=O)CCCCCCCCCCCCCCCCCCC/C=C\CCCCCCCCCCCCCCCCCCOC(=O)CCCCCCCCCCCCCCCCCCCCC. The number of carbonyl (C=O) groups excluding carboxylic acids is 2. The lowest BCUT2D eigenvalue weighted by Crippen LogP contribution is -2.45. The zero-order valence-corrected chi connectivity index (χ0v) is 59.3. The standard InChI is InChI=1S/C81H157NO5/c1-3-5-7-9-11-13-15-17-19-20-40-44-47-51-55-59-63-67-71-75-81(86)87-76-72-68-64-60-56-52-48-45-42-39-37-35-33-31-29-27-25-23-21-22-24-26-28-30-32-34-36-38-41-43-46-50-54-58-62-66-70-74-80(85)82-78(77-83)79(84)73-69-65-61-57-53-49-18-16-14-12-10-8-6-4-2/h21,23,69,73,78-79,83-84H,3-20,22,24-68,70-72,74-77H2,1-2H3,(H,82,85)/b23-21-,73-69+. The van der Waals surface area contributed by atoms with Gasteiger partial charge in [-0.3, -0.25) is 9.59 Å². The molecule has 0 aromatic carbocycles. The molecule has 0 aromatic rings. The van der Waals surface area contributed by atoms with Crippen molar-refractivity contribution in [2.24, 2.45) is 0 Å². The van der Waals surface area contributed by atoms with E-state index in [1.165, 1.54) is 392 Å². The van der Waals surface area contributed by atoms with Gasteiger partial charge in [0.05, 0.1) is 25.4 Å². The number of aliphatic hydroxyl groups is 2. The number of carbonyl (C=O) groups is 2. The fraction of sp³-hybridized carbons (Fsp3) is 0.926. The van der Waals surface area contributed by atoms with E-state index >= 15 is 0 Å². The molecule has 0 fully saturated rings. The van der Waals surface area contributed by atoms with Crippen LogP contribution in [0, 0.1) is 0 Å². The highest BCUT2D eigenvalue weighted by Gasteiger charge is 2.18. The zero-order chi connectivity index (χ0) is 62.8. The number of rotatable bonds is 76. The summed E-state index contributed by atoms with van der Waals surface area (Å²) in [5.41, 5.74) is 0. The summed E-state index contributed by atoms with van der Waals surface area (Å²) in [6, 6.07) is -0.624. The summed E-state index contributed by atoms with van der Waals surface area (Å²) in [5.74, 6) is -0.0343. The van der Waals surface area contributed by atoms with Crippen molar-refractivity contribution < 1.29 is 24.5 Å². The molecular formula is C81H157NO5. The Morgan fingerprint density at radius 1 is 0.310 bits per heavy atom. The zero-order valence-electron chi connectivity index (χ0n) is 59.3. The van der Waals surface area contributed by atoms with Gasteiger partial charge in [-0.05, 0) is 57.8 Å². The molecule has 0 aliphatic heterocycles. The lowest BCUT2D eigenvalue weighted by molar-refractivity contribution is -0.143. The van der Waals surface area contributed by atoms with Gasteiger partial charge in [0.1, 0.15) is 0 Å². The van der Waals surface area contributed by atoms with Crippen molar-refractivity contribution >= 4 is 11.9 Å². The molecule has 516 valence electrons. The Morgan fingerprint density at radius 2 is 0.540 bits per heavy atom. The number of aliphatic hydroxyl groups excluding tert-OH is 2. The van der Waals surface area contributed by atoms with Gasteiger partial charge in [-0.15, -0.1) is 0 Å². The maximum Gasteiger partial charge on any atom is 0.305 e. The molecule has 0 bridgehead atoms. The maximum atomic E-state index is 12.5. The van der Waals surface area contributed by atoms with E-state index in [0.717, 1.165) is 38.5 Å². The van der Waals surface area contributed by atoms with Crippen LogP contribution in [0.5, 0.6) is 0 Å². The van der Waals surface area contributed by atoms with E-state index < -0.39 is 12.1 Å². The Morgan fingerprint density at radius 3 is 0.816 bits per heavy atom. The minimum Gasteiger partial charge on any atom is -0.466 e. The minimum absolute atomic E-state index is 0.0270. The summed E-state index contributed by atoms with van der Waals surface area (Å²) in [6.07, 6.45) is 98.9. The quantitative estimate of drug-likeness (QED) is 0.0320. The molecule has 6 heteroatoms. The van der Waals surface area contributed by atoms with Crippen LogP contribution in [0.25, 0.3) is 0 Å². The Kier molecular flexibility index (Phi) is 75.3. The monoisotopic (exact) mass is 1220 g/mol.